The molecule has 1 heterocycles. The van der Waals surface area contributed by atoms with Crippen molar-refractivity contribution in [3.8, 4) is 6.07 Å². The van der Waals surface area contributed by atoms with Crippen molar-refractivity contribution in [3.63, 3.8) is 0 Å². The lowest BCUT2D eigenvalue weighted by molar-refractivity contribution is 0.150. The molecule has 1 aromatic rings. The molecule has 0 saturated carbocycles. The first kappa shape index (κ1) is 9.39. The van der Waals surface area contributed by atoms with Gasteiger partial charge in [-0.25, -0.2) is 8.78 Å². The van der Waals surface area contributed by atoms with Crippen LogP contribution in [0, 0.1) is 18.3 Å². The summed E-state index contributed by atoms with van der Waals surface area (Å²) >= 11 is 0. The first-order valence-electron chi connectivity index (χ1n) is 3.48. The third-order valence-corrected chi connectivity index (χ3v) is 1.71. The topological polar surface area (TPSA) is 56.6 Å². The van der Waals surface area contributed by atoms with Crippen molar-refractivity contribution in [3.05, 3.63) is 33.2 Å². The van der Waals surface area contributed by atoms with Crippen LogP contribution >= 0.6 is 0 Å². The number of hydrogen-bond donors (Lipinski definition) is 1. The van der Waals surface area contributed by atoms with Crippen molar-refractivity contribution in [1.82, 2.24) is 4.98 Å². The van der Waals surface area contributed by atoms with Crippen LogP contribution in [0.15, 0.2) is 11.0 Å². The van der Waals surface area contributed by atoms with Gasteiger partial charge in [0, 0.05) is 11.8 Å². The lowest BCUT2D eigenvalue weighted by Crippen LogP contribution is -2.13. The zero-order valence-corrected chi connectivity index (χ0v) is 6.77. The van der Waals surface area contributed by atoms with Crippen LogP contribution in [0.4, 0.5) is 8.78 Å². The van der Waals surface area contributed by atoms with E-state index >= 15 is 0 Å². The molecule has 0 unspecified atom stereocenters. The summed E-state index contributed by atoms with van der Waals surface area (Å²) in [6, 6.07) is 1.59. The van der Waals surface area contributed by atoms with Crippen LogP contribution < -0.4 is 5.56 Å². The van der Waals surface area contributed by atoms with Gasteiger partial charge in [-0.05, 0) is 6.92 Å². The molecular weight excluding hydrogens is 178 g/mol. The second-order valence-corrected chi connectivity index (χ2v) is 2.49. The molecule has 0 bridgehead atoms. The fourth-order valence-electron chi connectivity index (χ4n) is 0.974. The Morgan fingerprint density at radius 3 is 2.69 bits per heavy atom. The van der Waals surface area contributed by atoms with Crippen LogP contribution in [0.5, 0.6) is 0 Å². The van der Waals surface area contributed by atoms with E-state index in [9.17, 15) is 13.6 Å². The molecule has 0 aliphatic rings. The molecule has 0 aliphatic heterocycles. The van der Waals surface area contributed by atoms with Gasteiger partial charge in [0.2, 0.25) is 0 Å². The maximum absolute atomic E-state index is 12.3. The summed E-state index contributed by atoms with van der Waals surface area (Å²) in [4.78, 5) is 13.1. The second kappa shape index (κ2) is 3.35. The van der Waals surface area contributed by atoms with Crippen LogP contribution in [-0.2, 0) is 0 Å². The van der Waals surface area contributed by atoms with Crippen LogP contribution in [0.25, 0.3) is 0 Å². The van der Waals surface area contributed by atoms with Gasteiger partial charge < -0.3 is 4.98 Å². The Morgan fingerprint density at radius 2 is 2.23 bits per heavy atom. The third kappa shape index (κ3) is 1.56. The highest BCUT2D eigenvalue weighted by molar-refractivity contribution is 5.41. The largest absolute Gasteiger partial charge is 0.328 e. The minimum atomic E-state index is -2.75. The average Bonchev–Trinajstić information content (AvgIpc) is 2.09. The minimum Gasteiger partial charge on any atom is -0.328 e. The van der Waals surface area contributed by atoms with Crippen molar-refractivity contribution in [1.29, 1.82) is 5.26 Å². The van der Waals surface area contributed by atoms with Gasteiger partial charge in [-0.2, -0.15) is 5.26 Å². The highest BCUT2D eigenvalue weighted by atomic mass is 19.3. The van der Waals surface area contributed by atoms with Gasteiger partial charge in [-0.1, -0.05) is 0 Å². The molecule has 0 saturated heterocycles. The number of H-pyrrole nitrogens is 1. The van der Waals surface area contributed by atoms with E-state index in [4.69, 9.17) is 5.26 Å². The zero-order valence-electron chi connectivity index (χ0n) is 6.77. The second-order valence-electron chi connectivity index (χ2n) is 2.49. The summed E-state index contributed by atoms with van der Waals surface area (Å²) in [5, 5.41) is 8.54. The van der Waals surface area contributed by atoms with Crippen molar-refractivity contribution in [2.75, 3.05) is 0 Å². The fraction of sp³-hybridized carbons (Fsp3) is 0.250. The standard InChI is InChI=1S/C8H6F2N2O/c1-4-5(2-11)6(7(9)10)3-12-8(4)13/h3,7H,1H3,(H,12,13). The van der Waals surface area contributed by atoms with E-state index in [1.807, 2.05) is 0 Å². The number of alkyl halides is 2. The Kier molecular flexibility index (Phi) is 2.42. The monoisotopic (exact) mass is 184 g/mol. The lowest BCUT2D eigenvalue weighted by Gasteiger charge is -2.03. The quantitative estimate of drug-likeness (QED) is 0.718. The molecule has 0 amide bonds. The Balaban J connectivity index is 3.50. The van der Waals surface area contributed by atoms with E-state index in [1.165, 1.54) is 6.92 Å². The Hall–Kier alpha value is -1.70. The maximum atomic E-state index is 12.3. The summed E-state index contributed by atoms with van der Waals surface area (Å²) in [6.45, 7) is 1.34. The van der Waals surface area contributed by atoms with Gasteiger partial charge in [0.1, 0.15) is 6.07 Å². The predicted octanol–water partition coefficient (Wildman–Crippen LogP) is 1.49. The van der Waals surface area contributed by atoms with E-state index in [1.54, 1.807) is 6.07 Å². The van der Waals surface area contributed by atoms with Crippen molar-refractivity contribution >= 4 is 0 Å². The number of rotatable bonds is 1. The number of nitriles is 1. The van der Waals surface area contributed by atoms with Crippen LogP contribution in [0.2, 0.25) is 0 Å². The average molecular weight is 184 g/mol. The SMILES string of the molecule is Cc1c(C#N)c(C(F)F)c[nH]c1=O. The van der Waals surface area contributed by atoms with Crippen molar-refractivity contribution in [2.24, 2.45) is 0 Å². The van der Waals surface area contributed by atoms with E-state index in [0.29, 0.717) is 0 Å². The summed E-state index contributed by atoms with van der Waals surface area (Å²) < 4.78 is 24.5. The zero-order chi connectivity index (χ0) is 10.0. The fourth-order valence-corrected chi connectivity index (χ4v) is 0.974. The van der Waals surface area contributed by atoms with Crippen LogP contribution in [0.3, 0.4) is 0 Å². The van der Waals surface area contributed by atoms with Gasteiger partial charge in [0.05, 0.1) is 11.1 Å². The smallest absolute Gasteiger partial charge is 0.266 e. The molecule has 13 heavy (non-hydrogen) atoms. The molecule has 0 spiro atoms. The highest BCUT2D eigenvalue weighted by Crippen LogP contribution is 2.21. The molecule has 0 radical (unpaired) electrons. The van der Waals surface area contributed by atoms with Gasteiger partial charge in [0.25, 0.3) is 12.0 Å². The summed E-state index contributed by atoms with van der Waals surface area (Å²) in [6.07, 6.45) is -1.87. The summed E-state index contributed by atoms with van der Waals surface area (Å²) in [5.41, 5.74) is -1.15. The molecule has 3 nitrogen and oxygen atoms in total. The van der Waals surface area contributed by atoms with Gasteiger partial charge in [-0.15, -0.1) is 0 Å². The number of halogens is 2. The summed E-state index contributed by atoms with van der Waals surface area (Å²) in [5.74, 6) is 0. The van der Waals surface area contributed by atoms with E-state index in [2.05, 4.69) is 4.98 Å². The Morgan fingerprint density at radius 1 is 1.62 bits per heavy atom. The molecule has 0 aromatic carbocycles. The Bertz CT molecular complexity index is 417. The van der Waals surface area contributed by atoms with Gasteiger partial charge >= 0.3 is 0 Å². The minimum absolute atomic E-state index is 0.0281. The molecule has 0 atom stereocenters. The first-order chi connectivity index (χ1) is 6.07. The third-order valence-electron chi connectivity index (χ3n) is 1.71. The number of aromatic amines is 1. The molecule has 0 fully saturated rings. The van der Waals surface area contributed by atoms with Crippen LogP contribution in [0.1, 0.15) is 23.1 Å². The van der Waals surface area contributed by atoms with E-state index in [0.717, 1.165) is 6.20 Å². The molecule has 1 N–H and O–H groups in total. The van der Waals surface area contributed by atoms with Crippen LogP contribution in [-0.4, -0.2) is 4.98 Å². The van der Waals surface area contributed by atoms with Gasteiger partial charge in [0.15, 0.2) is 0 Å². The first-order valence-corrected chi connectivity index (χ1v) is 3.48. The van der Waals surface area contributed by atoms with E-state index in [-0.39, 0.29) is 11.1 Å². The Labute approximate surface area is 72.6 Å². The molecule has 1 rings (SSSR count). The van der Waals surface area contributed by atoms with Crippen molar-refractivity contribution < 1.29 is 8.78 Å². The summed E-state index contributed by atoms with van der Waals surface area (Å²) in [7, 11) is 0. The molecule has 0 aliphatic carbocycles. The molecular formula is C8H6F2N2O. The number of aromatic nitrogens is 1. The normalized spacial score (nSPS) is 10.1. The van der Waals surface area contributed by atoms with Crippen molar-refractivity contribution in [2.45, 2.75) is 13.3 Å². The number of nitrogens with one attached hydrogen (secondary N) is 1. The van der Waals surface area contributed by atoms with E-state index < -0.39 is 17.5 Å². The van der Waals surface area contributed by atoms with Gasteiger partial charge in [-0.3, -0.25) is 4.79 Å². The lowest BCUT2D eigenvalue weighted by atomic mass is 10.1. The maximum Gasteiger partial charge on any atom is 0.266 e. The number of nitrogens with zero attached hydrogens (tertiary/aromatic N) is 1. The highest BCUT2D eigenvalue weighted by Gasteiger charge is 2.16. The predicted molar refractivity (Wildman–Crippen MR) is 41.5 cm³/mol. The number of pyridine rings is 1. The number of hydrogen-bond acceptors (Lipinski definition) is 2. The molecule has 1 aromatic heterocycles. The molecule has 68 valence electrons. The molecule has 5 heteroatoms.